The number of rotatable bonds is 5. The van der Waals surface area contributed by atoms with Gasteiger partial charge in [-0.05, 0) is 57.9 Å². The molecule has 0 amide bonds. The second-order valence-corrected chi connectivity index (χ2v) is 6.43. The van der Waals surface area contributed by atoms with Crippen LogP contribution in [0.3, 0.4) is 0 Å². The molecule has 0 atom stereocenters. The summed E-state index contributed by atoms with van der Waals surface area (Å²) in [5, 5.41) is 8.60. The van der Waals surface area contributed by atoms with Crippen LogP contribution in [0.25, 0.3) is 5.69 Å². The van der Waals surface area contributed by atoms with Crippen LogP contribution in [-0.4, -0.2) is 21.9 Å². The number of benzene rings is 1. The fourth-order valence-corrected chi connectivity index (χ4v) is 2.24. The molecule has 3 nitrogen and oxygen atoms in total. The summed E-state index contributed by atoms with van der Waals surface area (Å²) in [4.78, 5) is 0. The molecule has 108 valence electrons. The van der Waals surface area contributed by atoms with Gasteiger partial charge < -0.3 is 5.32 Å². The Kier molecular flexibility index (Phi) is 4.84. The van der Waals surface area contributed by atoms with Crippen molar-refractivity contribution < 1.29 is 0 Å². The Morgan fingerprint density at radius 2 is 2.00 bits per heavy atom. The Hall–Kier alpha value is -1.32. The first-order valence-corrected chi connectivity index (χ1v) is 7.37. The van der Waals surface area contributed by atoms with Gasteiger partial charge in [-0.2, -0.15) is 5.10 Å². The zero-order valence-electron chi connectivity index (χ0n) is 12.4. The van der Waals surface area contributed by atoms with Crippen LogP contribution in [0, 0.1) is 0 Å². The van der Waals surface area contributed by atoms with E-state index in [0.717, 1.165) is 30.1 Å². The molecule has 1 N–H and O–H groups in total. The van der Waals surface area contributed by atoms with Crippen LogP contribution >= 0.6 is 11.6 Å². The Balaban J connectivity index is 1.92. The molecule has 2 rings (SSSR count). The molecule has 1 aromatic carbocycles. The van der Waals surface area contributed by atoms with Crippen molar-refractivity contribution in [1.82, 2.24) is 15.1 Å². The molecule has 0 bridgehead atoms. The van der Waals surface area contributed by atoms with Gasteiger partial charge in [0.05, 0.1) is 16.9 Å². The van der Waals surface area contributed by atoms with Crippen LogP contribution in [0.5, 0.6) is 0 Å². The quantitative estimate of drug-likeness (QED) is 0.848. The monoisotopic (exact) mass is 291 g/mol. The molecule has 0 aliphatic rings. The van der Waals surface area contributed by atoms with Crippen LogP contribution in [0.1, 0.15) is 32.8 Å². The van der Waals surface area contributed by atoms with Gasteiger partial charge in [0, 0.05) is 11.7 Å². The van der Waals surface area contributed by atoms with E-state index in [4.69, 9.17) is 11.6 Å². The molecule has 4 heteroatoms. The fraction of sp³-hybridized carbons (Fsp3) is 0.438. The van der Waals surface area contributed by atoms with Crippen molar-refractivity contribution in [2.45, 2.75) is 39.2 Å². The van der Waals surface area contributed by atoms with E-state index in [2.05, 4.69) is 37.4 Å². The fourth-order valence-electron chi connectivity index (χ4n) is 2.01. The van der Waals surface area contributed by atoms with E-state index in [9.17, 15) is 0 Å². The zero-order valence-corrected chi connectivity index (χ0v) is 13.1. The predicted octanol–water partition coefficient (Wildman–Crippen LogP) is 3.85. The minimum Gasteiger partial charge on any atom is -0.312 e. The van der Waals surface area contributed by atoms with Gasteiger partial charge in [0.1, 0.15) is 0 Å². The molecule has 0 saturated heterocycles. The lowest BCUT2D eigenvalue weighted by atomic mass is 10.1. The average Bonchev–Trinajstić information content (AvgIpc) is 2.83. The predicted molar refractivity (Wildman–Crippen MR) is 84.7 cm³/mol. The lowest BCUT2D eigenvalue weighted by Crippen LogP contribution is -2.36. The first kappa shape index (κ1) is 15.1. The molecule has 0 fully saturated rings. The number of aromatic nitrogens is 2. The highest BCUT2D eigenvalue weighted by Gasteiger charge is 2.08. The standard InChI is InChI=1S/C16H22ClN3/c1-16(2,3)18-10-6-7-13-11-19-20(12-13)15-9-5-4-8-14(15)17/h4-5,8-9,11-12,18H,6-7,10H2,1-3H3. The number of nitrogens with one attached hydrogen (secondary N) is 1. The van der Waals surface area contributed by atoms with E-state index >= 15 is 0 Å². The molecule has 1 aromatic heterocycles. The van der Waals surface area contributed by atoms with Crippen LogP contribution in [0.4, 0.5) is 0 Å². The van der Waals surface area contributed by atoms with Crippen LogP contribution in [0.15, 0.2) is 36.7 Å². The van der Waals surface area contributed by atoms with Crippen LogP contribution < -0.4 is 5.32 Å². The number of hydrogen-bond acceptors (Lipinski definition) is 2. The van der Waals surface area contributed by atoms with Gasteiger partial charge in [-0.1, -0.05) is 23.7 Å². The van der Waals surface area contributed by atoms with E-state index in [1.165, 1.54) is 5.56 Å². The topological polar surface area (TPSA) is 29.9 Å². The van der Waals surface area contributed by atoms with Crippen LogP contribution in [0.2, 0.25) is 5.02 Å². The SMILES string of the molecule is CC(C)(C)NCCCc1cnn(-c2ccccc2Cl)c1. The minimum absolute atomic E-state index is 0.182. The van der Waals surface area contributed by atoms with Crippen molar-refractivity contribution >= 4 is 11.6 Å². The molecule has 0 radical (unpaired) electrons. The van der Waals surface area contributed by atoms with Crippen molar-refractivity contribution in [2.75, 3.05) is 6.54 Å². The van der Waals surface area contributed by atoms with E-state index in [1.54, 1.807) is 0 Å². The summed E-state index contributed by atoms with van der Waals surface area (Å²) >= 11 is 6.17. The molecule has 2 aromatic rings. The second kappa shape index (κ2) is 6.42. The van der Waals surface area contributed by atoms with E-state index in [0.29, 0.717) is 0 Å². The van der Waals surface area contributed by atoms with E-state index in [1.807, 2.05) is 35.1 Å². The van der Waals surface area contributed by atoms with E-state index < -0.39 is 0 Å². The van der Waals surface area contributed by atoms with Gasteiger partial charge in [-0.15, -0.1) is 0 Å². The molecule has 1 heterocycles. The largest absolute Gasteiger partial charge is 0.312 e. The maximum absolute atomic E-state index is 6.17. The van der Waals surface area contributed by atoms with Gasteiger partial charge in [0.25, 0.3) is 0 Å². The minimum atomic E-state index is 0.182. The normalized spacial score (nSPS) is 11.8. The lowest BCUT2D eigenvalue weighted by Gasteiger charge is -2.20. The maximum atomic E-state index is 6.17. The third kappa shape index (κ3) is 4.36. The van der Waals surface area contributed by atoms with Gasteiger partial charge in [0.15, 0.2) is 0 Å². The third-order valence-electron chi connectivity index (χ3n) is 3.03. The molecular formula is C16H22ClN3. The molecule has 0 aliphatic heterocycles. The first-order chi connectivity index (χ1) is 9.46. The number of aryl methyl sites for hydroxylation is 1. The summed E-state index contributed by atoms with van der Waals surface area (Å²) in [6.45, 7) is 7.56. The summed E-state index contributed by atoms with van der Waals surface area (Å²) in [5.41, 5.74) is 2.34. The zero-order chi connectivity index (χ0) is 14.6. The number of halogens is 1. The third-order valence-corrected chi connectivity index (χ3v) is 3.35. The smallest absolute Gasteiger partial charge is 0.0831 e. The first-order valence-electron chi connectivity index (χ1n) is 6.99. The molecular weight excluding hydrogens is 270 g/mol. The summed E-state index contributed by atoms with van der Waals surface area (Å²) < 4.78 is 1.84. The van der Waals surface area contributed by atoms with Crippen molar-refractivity contribution in [2.24, 2.45) is 0 Å². The van der Waals surface area contributed by atoms with Crippen LogP contribution in [-0.2, 0) is 6.42 Å². The molecule has 0 saturated carbocycles. The highest BCUT2D eigenvalue weighted by atomic mass is 35.5. The molecule has 20 heavy (non-hydrogen) atoms. The van der Waals surface area contributed by atoms with E-state index in [-0.39, 0.29) is 5.54 Å². The number of para-hydroxylation sites is 1. The maximum Gasteiger partial charge on any atom is 0.0831 e. The Labute approximate surface area is 126 Å². The van der Waals surface area contributed by atoms with Crippen molar-refractivity contribution in [3.05, 3.63) is 47.2 Å². The number of hydrogen-bond donors (Lipinski definition) is 1. The Bertz CT molecular complexity index is 555. The lowest BCUT2D eigenvalue weighted by molar-refractivity contribution is 0.422. The van der Waals surface area contributed by atoms with Gasteiger partial charge in [-0.3, -0.25) is 0 Å². The van der Waals surface area contributed by atoms with Crippen molar-refractivity contribution in [3.63, 3.8) is 0 Å². The summed E-state index contributed by atoms with van der Waals surface area (Å²) in [5.74, 6) is 0. The average molecular weight is 292 g/mol. The van der Waals surface area contributed by atoms with Gasteiger partial charge in [0.2, 0.25) is 0 Å². The van der Waals surface area contributed by atoms with Gasteiger partial charge in [-0.25, -0.2) is 4.68 Å². The highest BCUT2D eigenvalue weighted by Crippen LogP contribution is 2.19. The Morgan fingerprint density at radius 3 is 2.70 bits per heavy atom. The summed E-state index contributed by atoms with van der Waals surface area (Å²) in [7, 11) is 0. The van der Waals surface area contributed by atoms with Crippen molar-refractivity contribution in [1.29, 1.82) is 0 Å². The molecule has 0 unspecified atom stereocenters. The second-order valence-electron chi connectivity index (χ2n) is 6.02. The molecule has 0 aliphatic carbocycles. The Morgan fingerprint density at radius 1 is 1.25 bits per heavy atom. The highest BCUT2D eigenvalue weighted by molar-refractivity contribution is 6.32. The van der Waals surface area contributed by atoms with Gasteiger partial charge >= 0.3 is 0 Å². The molecule has 0 spiro atoms. The summed E-state index contributed by atoms with van der Waals surface area (Å²) in [6.07, 6.45) is 6.09. The van der Waals surface area contributed by atoms with Crippen molar-refractivity contribution in [3.8, 4) is 5.69 Å². The number of nitrogens with zero attached hydrogens (tertiary/aromatic N) is 2. The summed E-state index contributed by atoms with van der Waals surface area (Å²) in [6, 6.07) is 7.75.